The van der Waals surface area contributed by atoms with E-state index in [0.717, 1.165) is 25.1 Å². The van der Waals surface area contributed by atoms with Crippen molar-refractivity contribution in [2.75, 3.05) is 39.8 Å². The lowest BCUT2D eigenvalue weighted by Gasteiger charge is -2.35. The van der Waals surface area contributed by atoms with Crippen LogP contribution in [0.4, 0.5) is 0 Å². The number of carbonyl (C=O) groups excluding carboxylic acids is 2. The first-order valence-corrected chi connectivity index (χ1v) is 8.62. The molecule has 1 aromatic rings. The average Bonchev–Trinajstić information content (AvgIpc) is 3.14. The highest BCUT2D eigenvalue weighted by Crippen LogP contribution is 2.15. The molecule has 1 unspecified atom stereocenters. The molecule has 6 nitrogen and oxygen atoms in total. The van der Waals surface area contributed by atoms with Gasteiger partial charge in [-0.3, -0.25) is 9.59 Å². The highest BCUT2D eigenvalue weighted by molar-refractivity contribution is 5.94. The molecule has 0 aliphatic carbocycles. The number of amides is 2. The predicted molar refractivity (Wildman–Crippen MR) is 91.1 cm³/mol. The van der Waals surface area contributed by atoms with E-state index >= 15 is 0 Å². The number of methoxy groups -OCH3 is 1. The maximum Gasteiger partial charge on any atom is 0.253 e. The van der Waals surface area contributed by atoms with Crippen molar-refractivity contribution in [3.05, 3.63) is 29.8 Å². The summed E-state index contributed by atoms with van der Waals surface area (Å²) in [5.41, 5.74) is 0.658. The smallest absolute Gasteiger partial charge is 0.253 e. The molecule has 1 N–H and O–H groups in total. The fourth-order valence-corrected chi connectivity index (χ4v) is 3.35. The quantitative estimate of drug-likeness (QED) is 0.898. The molecule has 0 saturated carbocycles. The zero-order chi connectivity index (χ0) is 16.9. The molecule has 24 heavy (non-hydrogen) atoms. The van der Waals surface area contributed by atoms with Crippen LogP contribution in [0.25, 0.3) is 0 Å². The Hall–Kier alpha value is -2.08. The van der Waals surface area contributed by atoms with Gasteiger partial charge in [0, 0.05) is 44.2 Å². The van der Waals surface area contributed by atoms with Crippen molar-refractivity contribution in [1.82, 2.24) is 15.1 Å². The Balaban J connectivity index is 1.50. The van der Waals surface area contributed by atoms with Crippen LogP contribution in [0.15, 0.2) is 24.3 Å². The van der Waals surface area contributed by atoms with Gasteiger partial charge >= 0.3 is 0 Å². The molecule has 2 saturated heterocycles. The summed E-state index contributed by atoms with van der Waals surface area (Å²) in [7, 11) is 1.61. The van der Waals surface area contributed by atoms with E-state index in [9.17, 15) is 9.59 Å². The van der Waals surface area contributed by atoms with Crippen LogP contribution in [-0.4, -0.2) is 67.5 Å². The Bertz CT molecular complexity index is 574. The van der Waals surface area contributed by atoms with E-state index in [0.29, 0.717) is 44.2 Å². The van der Waals surface area contributed by atoms with Crippen LogP contribution in [-0.2, 0) is 4.79 Å². The third-order valence-corrected chi connectivity index (χ3v) is 4.84. The summed E-state index contributed by atoms with van der Waals surface area (Å²) in [6.07, 6.45) is 2.82. The number of hydrogen-bond acceptors (Lipinski definition) is 4. The summed E-state index contributed by atoms with van der Waals surface area (Å²) in [4.78, 5) is 28.6. The van der Waals surface area contributed by atoms with Crippen molar-refractivity contribution in [2.24, 2.45) is 0 Å². The monoisotopic (exact) mass is 331 g/mol. The van der Waals surface area contributed by atoms with Gasteiger partial charge in [-0.2, -0.15) is 0 Å². The van der Waals surface area contributed by atoms with Crippen LogP contribution < -0.4 is 10.1 Å². The summed E-state index contributed by atoms with van der Waals surface area (Å²) < 4.78 is 5.12. The normalized spacial score (nSPS) is 21.0. The van der Waals surface area contributed by atoms with Gasteiger partial charge < -0.3 is 19.9 Å². The van der Waals surface area contributed by atoms with E-state index in [1.54, 1.807) is 31.4 Å². The Morgan fingerprint density at radius 2 is 1.79 bits per heavy atom. The van der Waals surface area contributed by atoms with Gasteiger partial charge in [0.1, 0.15) is 5.75 Å². The minimum absolute atomic E-state index is 0.0159. The van der Waals surface area contributed by atoms with Crippen LogP contribution in [0.3, 0.4) is 0 Å². The molecule has 2 aliphatic heterocycles. The largest absolute Gasteiger partial charge is 0.497 e. The third-order valence-electron chi connectivity index (χ3n) is 4.84. The van der Waals surface area contributed by atoms with Gasteiger partial charge in [-0.1, -0.05) is 0 Å². The molecular formula is C18H25N3O3. The minimum atomic E-state index is 0.0159. The van der Waals surface area contributed by atoms with Gasteiger partial charge in [0.05, 0.1) is 7.11 Å². The van der Waals surface area contributed by atoms with Crippen LogP contribution in [0, 0.1) is 0 Å². The average molecular weight is 331 g/mol. The Morgan fingerprint density at radius 3 is 2.38 bits per heavy atom. The van der Waals surface area contributed by atoms with Crippen molar-refractivity contribution >= 4 is 11.8 Å². The molecule has 130 valence electrons. The Morgan fingerprint density at radius 1 is 1.12 bits per heavy atom. The van der Waals surface area contributed by atoms with Gasteiger partial charge in [-0.15, -0.1) is 0 Å². The number of benzene rings is 1. The second-order valence-corrected chi connectivity index (χ2v) is 6.40. The van der Waals surface area contributed by atoms with Crippen molar-refractivity contribution in [3.63, 3.8) is 0 Å². The standard InChI is InChI=1S/C18H25N3O3/c1-24-16-6-4-14(5-7-16)18(23)21-11-9-20(10-12-21)17(22)13-15-3-2-8-19-15/h4-7,15,19H,2-3,8-13H2,1H3. The molecular weight excluding hydrogens is 306 g/mol. The zero-order valence-electron chi connectivity index (χ0n) is 14.2. The number of nitrogens with zero attached hydrogens (tertiary/aromatic N) is 2. The lowest BCUT2D eigenvalue weighted by atomic mass is 10.1. The fourth-order valence-electron chi connectivity index (χ4n) is 3.35. The molecule has 6 heteroatoms. The number of ether oxygens (including phenoxy) is 1. The van der Waals surface area contributed by atoms with Crippen LogP contribution in [0.5, 0.6) is 5.75 Å². The van der Waals surface area contributed by atoms with Crippen molar-refractivity contribution < 1.29 is 14.3 Å². The maximum atomic E-state index is 12.5. The topological polar surface area (TPSA) is 61.9 Å². The molecule has 1 aromatic carbocycles. The van der Waals surface area contributed by atoms with Crippen LogP contribution in [0.2, 0.25) is 0 Å². The lowest BCUT2D eigenvalue weighted by molar-refractivity contribution is -0.133. The number of piperazine rings is 1. The van der Waals surface area contributed by atoms with E-state index in [1.165, 1.54) is 0 Å². The highest BCUT2D eigenvalue weighted by atomic mass is 16.5. The molecule has 2 aliphatic rings. The number of hydrogen-bond donors (Lipinski definition) is 1. The fraction of sp³-hybridized carbons (Fsp3) is 0.556. The molecule has 0 spiro atoms. The Labute approximate surface area is 142 Å². The van der Waals surface area contributed by atoms with Crippen LogP contribution in [0.1, 0.15) is 29.6 Å². The molecule has 2 amide bonds. The molecule has 2 heterocycles. The zero-order valence-corrected chi connectivity index (χ0v) is 14.2. The minimum Gasteiger partial charge on any atom is -0.497 e. The lowest BCUT2D eigenvalue weighted by Crippen LogP contribution is -2.51. The molecule has 3 rings (SSSR count). The predicted octanol–water partition coefficient (Wildman–Crippen LogP) is 1.12. The number of nitrogens with one attached hydrogen (secondary N) is 1. The molecule has 0 aromatic heterocycles. The van der Waals surface area contributed by atoms with E-state index in [4.69, 9.17) is 4.74 Å². The first kappa shape index (κ1) is 16.8. The second-order valence-electron chi connectivity index (χ2n) is 6.40. The Kier molecular flexibility index (Phi) is 5.35. The van der Waals surface area contributed by atoms with Crippen molar-refractivity contribution in [2.45, 2.75) is 25.3 Å². The second kappa shape index (κ2) is 7.66. The molecule has 2 fully saturated rings. The number of rotatable bonds is 4. The van der Waals surface area contributed by atoms with E-state index in [1.807, 2.05) is 9.80 Å². The summed E-state index contributed by atoms with van der Waals surface area (Å²) in [5.74, 6) is 0.954. The summed E-state index contributed by atoms with van der Waals surface area (Å²) in [6, 6.07) is 7.48. The molecule has 0 radical (unpaired) electrons. The van der Waals surface area contributed by atoms with Crippen molar-refractivity contribution in [3.8, 4) is 5.75 Å². The highest BCUT2D eigenvalue weighted by Gasteiger charge is 2.27. The van der Waals surface area contributed by atoms with Crippen molar-refractivity contribution in [1.29, 1.82) is 0 Å². The van der Waals surface area contributed by atoms with Gasteiger partial charge in [0.2, 0.25) is 5.91 Å². The van der Waals surface area contributed by atoms with Gasteiger partial charge in [-0.05, 0) is 43.7 Å². The third kappa shape index (κ3) is 3.87. The summed E-state index contributed by atoms with van der Waals surface area (Å²) >= 11 is 0. The molecule has 0 bridgehead atoms. The van der Waals surface area contributed by atoms with Gasteiger partial charge in [0.25, 0.3) is 5.91 Å². The first-order chi connectivity index (χ1) is 11.7. The molecule has 1 atom stereocenters. The summed E-state index contributed by atoms with van der Waals surface area (Å²) in [6.45, 7) is 3.44. The van der Waals surface area contributed by atoms with Gasteiger partial charge in [0.15, 0.2) is 0 Å². The van der Waals surface area contributed by atoms with E-state index < -0.39 is 0 Å². The number of carbonyl (C=O) groups is 2. The summed E-state index contributed by atoms with van der Waals surface area (Å²) in [5, 5.41) is 3.36. The van der Waals surface area contributed by atoms with Gasteiger partial charge in [-0.25, -0.2) is 0 Å². The SMILES string of the molecule is COc1ccc(C(=O)N2CCN(C(=O)CC3CCCN3)CC2)cc1. The van der Waals surface area contributed by atoms with E-state index in [-0.39, 0.29) is 11.8 Å². The first-order valence-electron chi connectivity index (χ1n) is 8.62. The van der Waals surface area contributed by atoms with E-state index in [2.05, 4.69) is 5.32 Å². The van der Waals surface area contributed by atoms with Crippen LogP contribution >= 0.6 is 0 Å². The maximum absolute atomic E-state index is 12.5.